The molecule has 1 amide bonds. The van der Waals surface area contributed by atoms with Crippen LogP contribution in [-0.4, -0.2) is 41.5 Å². The third kappa shape index (κ3) is 3.04. The molecule has 1 aliphatic heterocycles. The molecule has 0 bridgehead atoms. The van der Waals surface area contributed by atoms with Crippen molar-refractivity contribution in [1.82, 2.24) is 15.2 Å². The largest absolute Gasteiger partial charge is 0.350 e. The van der Waals surface area contributed by atoms with E-state index in [1.54, 1.807) is 0 Å². The maximum Gasteiger partial charge on any atom is 0.252 e. The molecule has 2 heterocycles. The number of likely N-dealkylation sites (tertiary alicyclic amines) is 1. The minimum absolute atomic E-state index is 0.189. The van der Waals surface area contributed by atoms with Gasteiger partial charge < -0.3 is 5.32 Å². The number of hydrogen-bond acceptors (Lipinski definition) is 3. The number of rotatable bonds is 4. The molecule has 0 spiro atoms. The fourth-order valence-corrected chi connectivity index (χ4v) is 2.37. The van der Waals surface area contributed by atoms with E-state index in [0.717, 1.165) is 19.5 Å². The summed E-state index contributed by atoms with van der Waals surface area (Å²) in [6.07, 6.45) is 3.57. The second-order valence-electron chi connectivity index (χ2n) is 4.50. The van der Waals surface area contributed by atoms with Gasteiger partial charge in [0.1, 0.15) is 0 Å². The van der Waals surface area contributed by atoms with Crippen LogP contribution in [0.15, 0.2) is 18.3 Å². The van der Waals surface area contributed by atoms with Crippen LogP contribution in [-0.2, 0) is 0 Å². The van der Waals surface area contributed by atoms with Gasteiger partial charge in [-0.2, -0.15) is 4.39 Å². The highest BCUT2D eigenvalue weighted by molar-refractivity contribution is 5.93. The Hall–Kier alpha value is -1.49. The van der Waals surface area contributed by atoms with Gasteiger partial charge >= 0.3 is 0 Å². The zero-order valence-electron chi connectivity index (χ0n) is 10.5. The van der Waals surface area contributed by atoms with Crippen molar-refractivity contribution in [2.24, 2.45) is 0 Å². The molecule has 18 heavy (non-hydrogen) atoms. The summed E-state index contributed by atoms with van der Waals surface area (Å²) in [6, 6.07) is 3.07. The van der Waals surface area contributed by atoms with Crippen LogP contribution in [0, 0.1) is 5.95 Å². The smallest absolute Gasteiger partial charge is 0.252 e. The third-order valence-corrected chi connectivity index (χ3v) is 3.39. The average molecular weight is 251 g/mol. The Labute approximate surface area is 106 Å². The lowest BCUT2D eigenvalue weighted by molar-refractivity contribution is 0.0941. The van der Waals surface area contributed by atoms with Crippen molar-refractivity contribution < 1.29 is 9.18 Å². The van der Waals surface area contributed by atoms with E-state index in [2.05, 4.69) is 22.1 Å². The van der Waals surface area contributed by atoms with E-state index in [-0.39, 0.29) is 5.91 Å². The lowest BCUT2D eigenvalue weighted by atomic mass is 10.2. The number of carbonyl (C=O) groups excluding carboxylic acids is 1. The molecule has 1 aromatic heterocycles. The van der Waals surface area contributed by atoms with Gasteiger partial charge in [0.25, 0.3) is 5.91 Å². The van der Waals surface area contributed by atoms with E-state index in [1.165, 1.54) is 24.8 Å². The molecular formula is C13H18FN3O. The van der Waals surface area contributed by atoms with Gasteiger partial charge in [-0.1, -0.05) is 6.92 Å². The summed E-state index contributed by atoms with van der Waals surface area (Å²) in [5, 5.41) is 2.88. The van der Waals surface area contributed by atoms with Crippen LogP contribution in [0.1, 0.15) is 30.1 Å². The van der Waals surface area contributed by atoms with Crippen molar-refractivity contribution in [1.29, 1.82) is 0 Å². The maximum atomic E-state index is 12.6. The summed E-state index contributed by atoms with van der Waals surface area (Å²) < 4.78 is 12.6. The van der Waals surface area contributed by atoms with Gasteiger partial charge in [0, 0.05) is 18.8 Å². The van der Waals surface area contributed by atoms with Crippen LogP contribution >= 0.6 is 0 Å². The molecule has 1 aliphatic rings. The van der Waals surface area contributed by atoms with Gasteiger partial charge in [0.05, 0.1) is 5.56 Å². The minimum Gasteiger partial charge on any atom is -0.350 e. The summed E-state index contributed by atoms with van der Waals surface area (Å²) in [5.41, 5.74) is 0.400. The van der Waals surface area contributed by atoms with Crippen molar-refractivity contribution in [3.05, 3.63) is 29.8 Å². The van der Waals surface area contributed by atoms with Crippen LogP contribution in [0.5, 0.6) is 0 Å². The summed E-state index contributed by atoms with van der Waals surface area (Å²) in [4.78, 5) is 17.7. The summed E-state index contributed by atoms with van der Waals surface area (Å²) in [7, 11) is 0. The SMILES string of the molecule is CCN1CCCC1CNC(=O)c1ccc(F)nc1. The Morgan fingerprint density at radius 3 is 3.11 bits per heavy atom. The summed E-state index contributed by atoms with van der Waals surface area (Å²) in [5.74, 6) is -0.759. The Balaban J connectivity index is 1.86. The molecule has 1 atom stereocenters. The van der Waals surface area contributed by atoms with E-state index in [1.807, 2.05) is 0 Å². The fraction of sp³-hybridized carbons (Fsp3) is 0.538. The highest BCUT2D eigenvalue weighted by Gasteiger charge is 2.23. The molecule has 0 aliphatic carbocycles. The highest BCUT2D eigenvalue weighted by atomic mass is 19.1. The van der Waals surface area contributed by atoms with Gasteiger partial charge in [-0.25, -0.2) is 4.98 Å². The number of nitrogens with zero attached hydrogens (tertiary/aromatic N) is 2. The van der Waals surface area contributed by atoms with Crippen LogP contribution in [0.2, 0.25) is 0 Å². The molecule has 1 N–H and O–H groups in total. The normalized spacial score (nSPS) is 20.0. The van der Waals surface area contributed by atoms with E-state index in [9.17, 15) is 9.18 Å². The molecule has 2 rings (SSSR count). The van der Waals surface area contributed by atoms with Crippen LogP contribution in [0.3, 0.4) is 0 Å². The molecule has 1 saturated heterocycles. The van der Waals surface area contributed by atoms with Gasteiger partial charge in [-0.05, 0) is 38.1 Å². The van der Waals surface area contributed by atoms with Gasteiger partial charge in [0.15, 0.2) is 0 Å². The lowest BCUT2D eigenvalue weighted by Gasteiger charge is -2.22. The lowest BCUT2D eigenvalue weighted by Crippen LogP contribution is -2.40. The number of hydrogen-bond donors (Lipinski definition) is 1. The Morgan fingerprint density at radius 2 is 2.44 bits per heavy atom. The molecule has 0 aromatic carbocycles. The first-order valence-corrected chi connectivity index (χ1v) is 6.34. The number of carbonyl (C=O) groups is 1. The molecule has 4 nitrogen and oxygen atoms in total. The van der Waals surface area contributed by atoms with Crippen LogP contribution in [0.25, 0.3) is 0 Å². The van der Waals surface area contributed by atoms with Gasteiger partial charge in [-0.3, -0.25) is 9.69 Å². The zero-order valence-corrected chi connectivity index (χ0v) is 10.5. The summed E-state index contributed by atoms with van der Waals surface area (Å²) in [6.45, 7) is 4.89. The van der Waals surface area contributed by atoms with Crippen molar-refractivity contribution >= 4 is 5.91 Å². The third-order valence-electron chi connectivity index (χ3n) is 3.39. The average Bonchev–Trinajstić information content (AvgIpc) is 2.84. The number of halogens is 1. The molecule has 98 valence electrons. The van der Waals surface area contributed by atoms with E-state index in [0.29, 0.717) is 18.2 Å². The number of aromatic nitrogens is 1. The van der Waals surface area contributed by atoms with E-state index < -0.39 is 5.95 Å². The summed E-state index contributed by atoms with van der Waals surface area (Å²) >= 11 is 0. The number of nitrogens with one attached hydrogen (secondary N) is 1. The Morgan fingerprint density at radius 1 is 1.61 bits per heavy atom. The second kappa shape index (κ2) is 5.91. The highest BCUT2D eigenvalue weighted by Crippen LogP contribution is 2.15. The number of likely N-dealkylation sites (N-methyl/N-ethyl adjacent to an activating group) is 1. The molecule has 5 heteroatoms. The molecule has 1 aromatic rings. The predicted octanol–water partition coefficient (Wildman–Crippen LogP) is 1.43. The quantitative estimate of drug-likeness (QED) is 0.823. The van der Waals surface area contributed by atoms with E-state index in [4.69, 9.17) is 0 Å². The molecule has 0 saturated carbocycles. The van der Waals surface area contributed by atoms with Crippen molar-refractivity contribution in [3.8, 4) is 0 Å². The Kier molecular flexibility index (Phi) is 4.25. The number of pyridine rings is 1. The maximum absolute atomic E-state index is 12.6. The van der Waals surface area contributed by atoms with Crippen molar-refractivity contribution in [3.63, 3.8) is 0 Å². The van der Waals surface area contributed by atoms with Gasteiger partial charge in [0.2, 0.25) is 5.95 Å². The minimum atomic E-state index is -0.570. The van der Waals surface area contributed by atoms with Crippen LogP contribution < -0.4 is 5.32 Å². The van der Waals surface area contributed by atoms with Gasteiger partial charge in [-0.15, -0.1) is 0 Å². The first-order valence-electron chi connectivity index (χ1n) is 6.34. The topological polar surface area (TPSA) is 45.2 Å². The first kappa shape index (κ1) is 13.0. The number of amides is 1. The predicted molar refractivity (Wildman–Crippen MR) is 66.8 cm³/mol. The van der Waals surface area contributed by atoms with Crippen molar-refractivity contribution in [2.75, 3.05) is 19.6 Å². The van der Waals surface area contributed by atoms with Crippen molar-refractivity contribution in [2.45, 2.75) is 25.8 Å². The fourth-order valence-electron chi connectivity index (χ4n) is 2.37. The Bertz CT molecular complexity index is 407. The monoisotopic (exact) mass is 251 g/mol. The van der Waals surface area contributed by atoms with Crippen LogP contribution in [0.4, 0.5) is 4.39 Å². The standard InChI is InChI=1S/C13H18FN3O/c1-2-17-7-3-4-11(17)9-16-13(18)10-5-6-12(14)15-8-10/h5-6,8,11H,2-4,7,9H2,1H3,(H,16,18). The molecule has 1 unspecified atom stereocenters. The first-order chi connectivity index (χ1) is 8.70. The molecular weight excluding hydrogens is 233 g/mol. The molecule has 0 radical (unpaired) electrons. The molecule has 1 fully saturated rings. The second-order valence-corrected chi connectivity index (χ2v) is 4.50. The van der Waals surface area contributed by atoms with E-state index >= 15 is 0 Å². The zero-order chi connectivity index (χ0) is 13.0.